The van der Waals surface area contributed by atoms with Crippen LogP contribution in [0, 0.1) is 6.92 Å². The number of nitrogens with zero attached hydrogens (tertiary/aromatic N) is 2. The predicted molar refractivity (Wildman–Crippen MR) is 49.1 cm³/mol. The quantitative estimate of drug-likeness (QED) is 0.750. The third-order valence-electron chi connectivity index (χ3n) is 1.76. The summed E-state index contributed by atoms with van der Waals surface area (Å²) in [4.78, 5) is 15.4. The van der Waals surface area contributed by atoms with E-state index in [0.29, 0.717) is 0 Å². The number of pyridine rings is 1. The van der Waals surface area contributed by atoms with Gasteiger partial charge in [-0.2, -0.15) is 4.37 Å². The van der Waals surface area contributed by atoms with E-state index in [9.17, 15) is 4.79 Å². The van der Waals surface area contributed by atoms with Crippen LogP contribution in [-0.2, 0) is 0 Å². The molecular weight excluding hydrogens is 188 g/mol. The molecule has 0 spiro atoms. The highest BCUT2D eigenvalue weighted by atomic mass is 32.1. The van der Waals surface area contributed by atoms with Crippen LogP contribution in [0.5, 0.6) is 0 Å². The number of rotatable bonds is 1. The molecular formula is C8H6N2O2S. The minimum absolute atomic E-state index is 0.204. The van der Waals surface area contributed by atoms with E-state index in [1.165, 1.54) is 17.7 Å². The molecule has 1 N–H and O–H groups in total. The first-order chi connectivity index (χ1) is 6.18. The second-order valence-electron chi connectivity index (χ2n) is 2.65. The molecule has 0 aromatic carbocycles. The summed E-state index contributed by atoms with van der Waals surface area (Å²) >= 11 is 1.28. The van der Waals surface area contributed by atoms with Gasteiger partial charge in [0.15, 0.2) is 0 Å². The molecule has 2 heterocycles. The first-order valence-electron chi connectivity index (χ1n) is 3.64. The summed E-state index contributed by atoms with van der Waals surface area (Å²) < 4.78 is 4.08. The molecule has 0 fully saturated rings. The van der Waals surface area contributed by atoms with Crippen LogP contribution in [0.4, 0.5) is 0 Å². The highest BCUT2D eigenvalue weighted by Crippen LogP contribution is 2.20. The first-order valence-corrected chi connectivity index (χ1v) is 4.41. The lowest BCUT2D eigenvalue weighted by molar-refractivity contribution is 0.0696. The summed E-state index contributed by atoms with van der Waals surface area (Å²) in [6, 6.07) is 1.60. The van der Waals surface area contributed by atoms with Gasteiger partial charge < -0.3 is 5.11 Å². The van der Waals surface area contributed by atoms with Gasteiger partial charge in [0.05, 0.1) is 11.3 Å². The van der Waals surface area contributed by atoms with Crippen molar-refractivity contribution in [3.05, 3.63) is 23.5 Å². The lowest BCUT2D eigenvalue weighted by Crippen LogP contribution is -1.96. The Morgan fingerprint density at radius 1 is 1.62 bits per heavy atom. The number of aromatic carboxylic acids is 1. The minimum atomic E-state index is -0.958. The number of aryl methyl sites for hydroxylation is 1. The number of hydrogen-bond acceptors (Lipinski definition) is 4. The number of hydrogen-bond donors (Lipinski definition) is 1. The molecule has 0 saturated heterocycles. The first kappa shape index (κ1) is 8.12. The fourth-order valence-electron chi connectivity index (χ4n) is 1.06. The topological polar surface area (TPSA) is 63.1 Å². The zero-order valence-corrected chi connectivity index (χ0v) is 7.63. The van der Waals surface area contributed by atoms with Crippen LogP contribution >= 0.6 is 11.5 Å². The SMILES string of the molecule is Cc1nsc2ncc(C(=O)O)cc12. The van der Waals surface area contributed by atoms with Crippen molar-refractivity contribution >= 4 is 27.7 Å². The highest BCUT2D eigenvalue weighted by molar-refractivity contribution is 7.12. The Morgan fingerprint density at radius 2 is 2.38 bits per heavy atom. The second kappa shape index (κ2) is 2.77. The molecule has 0 radical (unpaired) electrons. The number of carboxylic acids is 1. The van der Waals surface area contributed by atoms with Crippen molar-refractivity contribution in [3.63, 3.8) is 0 Å². The second-order valence-corrected chi connectivity index (χ2v) is 3.40. The summed E-state index contributed by atoms with van der Waals surface area (Å²) in [7, 11) is 0. The van der Waals surface area contributed by atoms with Gasteiger partial charge in [0.2, 0.25) is 0 Å². The van der Waals surface area contributed by atoms with Gasteiger partial charge in [-0.15, -0.1) is 0 Å². The molecule has 66 valence electrons. The Bertz CT molecular complexity index is 478. The molecule has 0 aliphatic rings. The van der Waals surface area contributed by atoms with Crippen molar-refractivity contribution < 1.29 is 9.90 Å². The van der Waals surface area contributed by atoms with Crippen LogP contribution in [0.2, 0.25) is 0 Å². The molecule has 0 aliphatic carbocycles. The van der Waals surface area contributed by atoms with E-state index in [4.69, 9.17) is 5.11 Å². The van der Waals surface area contributed by atoms with E-state index < -0.39 is 5.97 Å². The third-order valence-corrected chi connectivity index (χ3v) is 2.62. The smallest absolute Gasteiger partial charge is 0.337 e. The summed E-state index contributed by atoms with van der Waals surface area (Å²) in [6.45, 7) is 1.84. The Balaban J connectivity index is 2.72. The molecule has 2 rings (SSSR count). The molecule has 0 saturated carbocycles. The van der Waals surface area contributed by atoms with Crippen molar-refractivity contribution in [3.8, 4) is 0 Å². The lowest BCUT2D eigenvalue weighted by Gasteiger charge is -1.93. The van der Waals surface area contributed by atoms with Crippen LogP contribution in [0.1, 0.15) is 16.1 Å². The monoisotopic (exact) mass is 194 g/mol. The van der Waals surface area contributed by atoms with Gasteiger partial charge >= 0.3 is 5.97 Å². The maximum atomic E-state index is 10.6. The van der Waals surface area contributed by atoms with E-state index in [1.807, 2.05) is 6.92 Å². The standard InChI is InChI=1S/C8H6N2O2S/c1-4-6-2-5(8(11)12)3-9-7(6)13-10-4/h2-3H,1H3,(H,11,12). The van der Waals surface area contributed by atoms with Gasteiger partial charge in [0.1, 0.15) is 4.83 Å². The highest BCUT2D eigenvalue weighted by Gasteiger charge is 2.08. The van der Waals surface area contributed by atoms with Crippen molar-refractivity contribution in [1.82, 2.24) is 9.36 Å². The van der Waals surface area contributed by atoms with Gasteiger partial charge in [-0.25, -0.2) is 9.78 Å². The molecule has 2 aromatic rings. The number of aromatic nitrogens is 2. The molecule has 2 aromatic heterocycles. The maximum Gasteiger partial charge on any atom is 0.337 e. The van der Waals surface area contributed by atoms with Crippen LogP contribution in [0.25, 0.3) is 10.2 Å². The average Bonchev–Trinajstić information content (AvgIpc) is 2.47. The maximum absolute atomic E-state index is 10.6. The van der Waals surface area contributed by atoms with Crippen LogP contribution < -0.4 is 0 Å². The molecule has 5 heteroatoms. The summed E-state index contributed by atoms with van der Waals surface area (Å²) in [6.07, 6.45) is 1.35. The van der Waals surface area contributed by atoms with Crippen molar-refractivity contribution in [2.45, 2.75) is 6.92 Å². The zero-order valence-electron chi connectivity index (χ0n) is 6.81. The zero-order chi connectivity index (χ0) is 9.42. The largest absolute Gasteiger partial charge is 0.478 e. The normalized spacial score (nSPS) is 10.5. The number of carbonyl (C=O) groups is 1. The molecule has 0 atom stereocenters. The van der Waals surface area contributed by atoms with Gasteiger partial charge in [-0.3, -0.25) is 0 Å². The van der Waals surface area contributed by atoms with Crippen LogP contribution in [0.3, 0.4) is 0 Å². The van der Waals surface area contributed by atoms with Gasteiger partial charge in [0, 0.05) is 11.6 Å². The fourth-order valence-corrected chi connectivity index (χ4v) is 1.79. The van der Waals surface area contributed by atoms with Crippen molar-refractivity contribution in [2.75, 3.05) is 0 Å². The van der Waals surface area contributed by atoms with Crippen molar-refractivity contribution in [1.29, 1.82) is 0 Å². The molecule has 0 aliphatic heterocycles. The Hall–Kier alpha value is -1.49. The summed E-state index contributed by atoms with van der Waals surface area (Å²) in [5.41, 5.74) is 1.03. The molecule has 13 heavy (non-hydrogen) atoms. The Morgan fingerprint density at radius 3 is 3.08 bits per heavy atom. The summed E-state index contributed by atoms with van der Waals surface area (Å²) in [5.74, 6) is -0.958. The molecule has 0 amide bonds. The fraction of sp³-hybridized carbons (Fsp3) is 0.125. The number of carboxylic acid groups (broad SMARTS) is 1. The lowest BCUT2D eigenvalue weighted by atomic mass is 10.2. The van der Waals surface area contributed by atoms with E-state index >= 15 is 0 Å². The van der Waals surface area contributed by atoms with Gasteiger partial charge in [-0.05, 0) is 24.5 Å². The van der Waals surface area contributed by atoms with E-state index in [-0.39, 0.29) is 5.56 Å². The van der Waals surface area contributed by atoms with E-state index in [0.717, 1.165) is 15.9 Å². The minimum Gasteiger partial charge on any atom is -0.478 e. The van der Waals surface area contributed by atoms with Crippen LogP contribution in [-0.4, -0.2) is 20.4 Å². The summed E-state index contributed by atoms with van der Waals surface area (Å²) in [5, 5.41) is 9.54. The average molecular weight is 194 g/mol. The van der Waals surface area contributed by atoms with Gasteiger partial charge in [0.25, 0.3) is 0 Å². The predicted octanol–water partition coefficient (Wildman–Crippen LogP) is 1.70. The Labute approximate surface area is 78.0 Å². The number of fused-ring (bicyclic) bond motifs is 1. The Kier molecular flexibility index (Phi) is 1.73. The van der Waals surface area contributed by atoms with Crippen molar-refractivity contribution in [2.24, 2.45) is 0 Å². The van der Waals surface area contributed by atoms with E-state index in [1.54, 1.807) is 6.07 Å². The van der Waals surface area contributed by atoms with E-state index in [2.05, 4.69) is 9.36 Å². The molecule has 4 nitrogen and oxygen atoms in total. The molecule has 0 bridgehead atoms. The van der Waals surface area contributed by atoms with Crippen LogP contribution in [0.15, 0.2) is 12.3 Å². The third kappa shape index (κ3) is 1.27. The van der Waals surface area contributed by atoms with Gasteiger partial charge in [-0.1, -0.05) is 0 Å². The molecule has 0 unspecified atom stereocenters.